The average Bonchev–Trinajstić information content (AvgIpc) is 2.95. The van der Waals surface area contributed by atoms with Crippen LogP contribution < -0.4 is 0 Å². The third-order valence-corrected chi connectivity index (χ3v) is 7.56. The number of benzene rings is 1. The van der Waals surface area contributed by atoms with Crippen LogP contribution in [0.5, 0.6) is 0 Å². The Morgan fingerprint density at radius 2 is 1.63 bits per heavy atom. The zero-order valence-corrected chi connectivity index (χ0v) is 19.4. The molecule has 30 heavy (non-hydrogen) atoms. The van der Waals surface area contributed by atoms with Crippen LogP contribution >= 0.6 is 0 Å². The predicted molar refractivity (Wildman–Crippen MR) is 117 cm³/mol. The standard InChI is InChI=1S/C22H32N4O3S/c1-16(2)15-26-19(5)21(18(4)23-26)14-22(27)24-10-12-25(13-11-24)30(28,29)20-8-6-17(3)7-9-20/h6-9,16H,10-15H2,1-5H3. The van der Waals surface area contributed by atoms with Gasteiger partial charge in [0.15, 0.2) is 0 Å². The van der Waals surface area contributed by atoms with E-state index >= 15 is 0 Å². The molecule has 0 bridgehead atoms. The number of carbonyl (C=O) groups is 1. The molecule has 1 saturated heterocycles. The highest BCUT2D eigenvalue weighted by atomic mass is 32.2. The summed E-state index contributed by atoms with van der Waals surface area (Å²) >= 11 is 0. The number of hydrogen-bond donors (Lipinski definition) is 0. The molecular formula is C22H32N4O3S. The van der Waals surface area contributed by atoms with E-state index in [1.807, 2.05) is 25.5 Å². The van der Waals surface area contributed by atoms with Crippen molar-refractivity contribution in [1.82, 2.24) is 19.0 Å². The molecule has 0 radical (unpaired) electrons. The summed E-state index contributed by atoms with van der Waals surface area (Å²) in [5.74, 6) is 0.507. The van der Waals surface area contributed by atoms with Gasteiger partial charge in [-0.25, -0.2) is 8.42 Å². The molecule has 3 rings (SSSR count). The molecule has 2 heterocycles. The van der Waals surface area contributed by atoms with Gasteiger partial charge in [-0.05, 0) is 38.8 Å². The van der Waals surface area contributed by atoms with Gasteiger partial charge >= 0.3 is 0 Å². The minimum atomic E-state index is -3.53. The van der Waals surface area contributed by atoms with Crippen molar-refractivity contribution < 1.29 is 13.2 Å². The molecule has 0 saturated carbocycles. The minimum absolute atomic E-state index is 0.0256. The van der Waals surface area contributed by atoms with Crippen molar-refractivity contribution in [3.05, 3.63) is 46.8 Å². The summed E-state index contributed by atoms with van der Waals surface area (Å²) in [5.41, 5.74) is 3.93. The summed E-state index contributed by atoms with van der Waals surface area (Å²) in [6.07, 6.45) is 0.306. The molecule has 1 aliphatic rings. The van der Waals surface area contributed by atoms with E-state index in [0.717, 1.165) is 29.1 Å². The molecular weight excluding hydrogens is 400 g/mol. The molecule has 7 nitrogen and oxygen atoms in total. The summed E-state index contributed by atoms with van der Waals surface area (Å²) in [4.78, 5) is 15.0. The first-order chi connectivity index (χ1) is 14.1. The second-order valence-corrected chi connectivity index (χ2v) is 10.4. The van der Waals surface area contributed by atoms with Crippen LogP contribution in [0, 0.1) is 26.7 Å². The van der Waals surface area contributed by atoms with Crippen molar-refractivity contribution in [2.75, 3.05) is 26.2 Å². The van der Waals surface area contributed by atoms with Gasteiger partial charge in [0.25, 0.3) is 0 Å². The van der Waals surface area contributed by atoms with E-state index in [-0.39, 0.29) is 5.91 Å². The van der Waals surface area contributed by atoms with Gasteiger partial charge < -0.3 is 4.90 Å². The van der Waals surface area contributed by atoms with Crippen molar-refractivity contribution >= 4 is 15.9 Å². The van der Waals surface area contributed by atoms with E-state index in [1.54, 1.807) is 29.2 Å². The van der Waals surface area contributed by atoms with Gasteiger partial charge in [-0.1, -0.05) is 31.5 Å². The molecule has 0 spiro atoms. The van der Waals surface area contributed by atoms with Crippen LogP contribution in [0.4, 0.5) is 0 Å². The number of hydrogen-bond acceptors (Lipinski definition) is 4. The number of piperazine rings is 1. The van der Waals surface area contributed by atoms with Crippen LogP contribution in [-0.4, -0.2) is 59.5 Å². The molecule has 1 fully saturated rings. The molecule has 8 heteroatoms. The first kappa shape index (κ1) is 22.5. The Kier molecular flexibility index (Phi) is 6.67. The lowest BCUT2D eigenvalue weighted by Crippen LogP contribution is -2.50. The molecule has 2 aromatic rings. The van der Waals surface area contributed by atoms with Crippen molar-refractivity contribution in [2.45, 2.75) is 52.5 Å². The predicted octanol–water partition coefficient (Wildman–Crippen LogP) is 2.54. The van der Waals surface area contributed by atoms with Gasteiger partial charge in [-0.15, -0.1) is 0 Å². The van der Waals surface area contributed by atoms with Crippen LogP contribution in [0.3, 0.4) is 0 Å². The fourth-order valence-electron chi connectivity index (χ4n) is 3.81. The smallest absolute Gasteiger partial charge is 0.243 e. The normalized spacial score (nSPS) is 15.7. The Hall–Kier alpha value is -2.19. The van der Waals surface area contributed by atoms with Gasteiger partial charge in [0, 0.05) is 44.0 Å². The number of amides is 1. The average molecular weight is 433 g/mol. The van der Waals surface area contributed by atoms with Gasteiger partial charge in [-0.2, -0.15) is 9.40 Å². The fourth-order valence-corrected chi connectivity index (χ4v) is 5.24. The highest BCUT2D eigenvalue weighted by Crippen LogP contribution is 2.20. The third-order valence-electron chi connectivity index (χ3n) is 5.65. The van der Waals surface area contributed by atoms with E-state index in [9.17, 15) is 13.2 Å². The quantitative estimate of drug-likeness (QED) is 0.703. The monoisotopic (exact) mass is 432 g/mol. The lowest BCUT2D eigenvalue weighted by atomic mass is 10.1. The van der Waals surface area contributed by atoms with Crippen molar-refractivity contribution in [1.29, 1.82) is 0 Å². The minimum Gasteiger partial charge on any atom is -0.340 e. The number of rotatable bonds is 6. The van der Waals surface area contributed by atoms with E-state index in [0.29, 0.717) is 43.4 Å². The van der Waals surface area contributed by atoms with Crippen molar-refractivity contribution in [2.24, 2.45) is 5.92 Å². The SMILES string of the molecule is Cc1ccc(S(=O)(=O)N2CCN(C(=O)Cc3c(C)nn(CC(C)C)c3C)CC2)cc1. The Morgan fingerprint density at radius 1 is 1.03 bits per heavy atom. The van der Waals surface area contributed by atoms with Crippen LogP contribution in [0.25, 0.3) is 0 Å². The summed E-state index contributed by atoms with van der Waals surface area (Å²) in [6, 6.07) is 6.89. The van der Waals surface area contributed by atoms with Gasteiger partial charge in [0.2, 0.25) is 15.9 Å². The van der Waals surface area contributed by atoms with Crippen LogP contribution in [0.1, 0.15) is 36.4 Å². The molecule has 1 amide bonds. The Labute approximate surface area is 179 Å². The highest BCUT2D eigenvalue weighted by Gasteiger charge is 2.30. The topological polar surface area (TPSA) is 75.5 Å². The number of sulfonamides is 1. The van der Waals surface area contributed by atoms with Crippen molar-refractivity contribution in [3.63, 3.8) is 0 Å². The lowest BCUT2D eigenvalue weighted by Gasteiger charge is -2.34. The number of aryl methyl sites for hydroxylation is 2. The number of aromatic nitrogens is 2. The summed E-state index contributed by atoms with van der Waals surface area (Å²) in [7, 11) is -3.53. The molecule has 0 atom stereocenters. The van der Waals surface area contributed by atoms with Gasteiger partial charge in [-0.3, -0.25) is 9.48 Å². The van der Waals surface area contributed by atoms with E-state index < -0.39 is 10.0 Å². The second kappa shape index (κ2) is 8.89. The maximum absolute atomic E-state index is 12.9. The van der Waals surface area contributed by atoms with E-state index in [1.165, 1.54) is 4.31 Å². The molecule has 1 aliphatic heterocycles. The summed E-state index contributed by atoms with van der Waals surface area (Å²) < 4.78 is 29.2. The van der Waals surface area contributed by atoms with Crippen LogP contribution in [-0.2, 0) is 27.8 Å². The molecule has 164 valence electrons. The van der Waals surface area contributed by atoms with E-state index in [4.69, 9.17) is 0 Å². The largest absolute Gasteiger partial charge is 0.340 e. The van der Waals surface area contributed by atoms with Crippen molar-refractivity contribution in [3.8, 4) is 0 Å². The first-order valence-corrected chi connectivity index (χ1v) is 11.9. The maximum Gasteiger partial charge on any atom is 0.243 e. The van der Waals surface area contributed by atoms with Crippen LogP contribution in [0.15, 0.2) is 29.2 Å². The van der Waals surface area contributed by atoms with Crippen LogP contribution in [0.2, 0.25) is 0 Å². The maximum atomic E-state index is 12.9. The van der Waals surface area contributed by atoms with Gasteiger partial charge in [0.1, 0.15) is 0 Å². The fraction of sp³-hybridized carbons (Fsp3) is 0.545. The second-order valence-electron chi connectivity index (χ2n) is 8.50. The molecule has 1 aromatic heterocycles. The molecule has 0 aliphatic carbocycles. The Balaban J connectivity index is 1.63. The zero-order valence-electron chi connectivity index (χ0n) is 18.6. The molecule has 0 N–H and O–H groups in total. The number of nitrogens with zero attached hydrogens (tertiary/aromatic N) is 4. The Bertz CT molecular complexity index is 1000. The molecule has 1 aromatic carbocycles. The summed E-state index contributed by atoms with van der Waals surface area (Å²) in [6.45, 7) is 12.4. The third kappa shape index (κ3) is 4.75. The first-order valence-electron chi connectivity index (χ1n) is 10.5. The summed E-state index contributed by atoms with van der Waals surface area (Å²) in [5, 5.41) is 4.59. The zero-order chi connectivity index (χ0) is 22.1. The number of carbonyl (C=O) groups excluding carboxylic acids is 1. The Morgan fingerprint density at radius 3 is 2.20 bits per heavy atom. The lowest BCUT2D eigenvalue weighted by molar-refractivity contribution is -0.131. The molecule has 0 unspecified atom stereocenters. The highest BCUT2D eigenvalue weighted by molar-refractivity contribution is 7.89. The van der Waals surface area contributed by atoms with Gasteiger partial charge in [0.05, 0.1) is 17.0 Å². The van der Waals surface area contributed by atoms with E-state index in [2.05, 4.69) is 18.9 Å².